The van der Waals surface area contributed by atoms with Crippen LogP contribution in [0.15, 0.2) is 40.9 Å². The van der Waals surface area contributed by atoms with Crippen LogP contribution in [0, 0.1) is 6.92 Å². The number of aliphatic hydroxyl groups excluding tert-OH is 1. The molecule has 0 atom stereocenters. The van der Waals surface area contributed by atoms with E-state index in [1.165, 1.54) is 0 Å². The van der Waals surface area contributed by atoms with Crippen LogP contribution in [0.2, 0.25) is 5.02 Å². The van der Waals surface area contributed by atoms with Crippen molar-refractivity contribution in [1.29, 1.82) is 0 Å². The maximum Gasteiger partial charge on any atom is 0.0698 e. The Kier molecular flexibility index (Phi) is 3.87. The second-order valence-corrected chi connectivity index (χ2v) is 5.10. The maximum absolute atomic E-state index is 9.46. The van der Waals surface area contributed by atoms with E-state index >= 15 is 0 Å². The Bertz CT molecular complexity index is 552. The van der Waals surface area contributed by atoms with E-state index in [1.807, 2.05) is 43.3 Å². The van der Waals surface area contributed by atoms with Gasteiger partial charge in [-0.1, -0.05) is 51.8 Å². The van der Waals surface area contributed by atoms with Gasteiger partial charge in [0.15, 0.2) is 0 Å². The van der Waals surface area contributed by atoms with Gasteiger partial charge in [-0.3, -0.25) is 0 Å². The minimum atomic E-state index is 0.00269. The summed E-state index contributed by atoms with van der Waals surface area (Å²) in [6, 6.07) is 11.7. The Morgan fingerprint density at radius 2 is 1.76 bits per heavy atom. The van der Waals surface area contributed by atoms with Crippen molar-refractivity contribution < 1.29 is 5.11 Å². The van der Waals surface area contributed by atoms with Crippen LogP contribution in [0.3, 0.4) is 0 Å². The fraction of sp³-hybridized carbons (Fsp3) is 0.143. The minimum Gasteiger partial charge on any atom is -0.392 e. The molecule has 0 aromatic heterocycles. The molecule has 0 radical (unpaired) electrons. The number of hydrogen-bond donors (Lipinski definition) is 1. The van der Waals surface area contributed by atoms with Gasteiger partial charge < -0.3 is 5.11 Å². The highest BCUT2D eigenvalue weighted by atomic mass is 79.9. The van der Waals surface area contributed by atoms with Crippen molar-refractivity contribution in [3.05, 3.63) is 57.0 Å². The molecule has 1 N–H and O–H groups in total. The van der Waals surface area contributed by atoms with Crippen molar-refractivity contribution in [2.24, 2.45) is 0 Å². The third kappa shape index (κ3) is 2.39. The van der Waals surface area contributed by atoms with Gasteiger partial charge >= 0.3 is 0 Å². The molecule has 0 aliphatic heterocycles. The molecule has 3 heteroatoms. The lowest BCUT2D eigenvalue weighted by Crippen LogP contribution is -1.93. The van der Waals surface area contributed by atoms with Crippen molar-refractivity contribution in [2.45, 2.75) is 13.5 Å². The molecule has 0 amide bonds. The Morgan fingerprint density at radius 3 is 2.47 bits per heavy atom. The smallest absolute Gasteiger partial charge is 0.0698 e. The van der Waals surface area contributed by atoms with E-state index in [9.17, 15) is 5.11 Å². The van der Waals surface area contributed by atoms with Crippen molar-refractivity contribution in [3.8, 4) is 11.1 Å². The van der Waals surface area contributed by atoms with E-state index in [0.29, 0.717) is 0 Å². The lowest BCUT2D eigenvalue weighted by Gasteiger charge is -2.12. The first-order valence-electron chi connectivity index (χ1n) is 5.29. The van der Waals surface area contributed by atoms with Crippen LogP contribution in [-0.2, 0) is 6.61 Å². The predicted molar refractivity (Wildman–Crippen MR) is 75.2 cm³/mol. The van der Waals surface area contributed by atoms with E-state index in [-0.39, 0.29) is 6.61 Å². The summed E-state index contributed by atoms with van der Waals surface area (Å²) < 4.78 is 0.914. The molecule has 0 saturated heterocycles. The lowest BCUT2D eigenvalue weighted by molar-refractivity contribution is 0.281. The van der Waals surface area contributed by atoms with Crippen molar-refractivity contribution in [3.63, 3.8) is 0 Å². The third-order valence-electron chi connectivity index (χ3n) is 2.83. The van der Waals surface area contributed by atoms with E-state index in [1.54, 1.807) is 0 Å². The Hall–Kier alpha value is -0.830. The first-order valence-corrected chi connectivity index (χ1v) is 6.46. The maximum atomic E-state index is 9.46. The molecule has 0 heterocycles. The van der Waals surface area contributed by atoms with Crippen LogP contribution < -0.4 is 0 Å². The molecule has 0 aliphatic carbocycles. The predicted octanol–water partition coefficient (Wildman–Crippen LogP) is 4.57. The van der Waals surface area contributed by atoms with Gasteiger partial charge in [0.25, 0.3) is 0 Å². The molecular formula is C14H12BrClO. The zero-order chi connectivity index (χ0) is 12.4. The molecule has 0 unspecified atom stereocenters. The number of halogens is 2. The van der Waals surface area contributed by atoms with E-state index in [2.05, 4.69) is 15.9 Å². The Balaban J connectivity index is 2.68. The molecule has 0 spiro atoms. The third-order valence-corrected chi connectivity index (χ3v) is 3.99. The molecule has 0 aliphatic rings. The van der Waals surface area contributed by atoms with Gasteiger partial charge in [0, 0.05) is 9.50 Å². The van der Waals surface area contributed by atoms with E-state index < -0.39 is 0 Å². The second-order valence-electron chi connectivity index (χ2n) is 3.84. The highest BCUT2D eigenvalue weighted by Crippen LogP contribution is 2.33. The number of rotatable bonds is 2. The number of benzene rings is 2. The van der Waals surface area contributed by atoms with Crippen LogP contribution in [0.4, 0.5) is 0 Å². The molecule has 2 aromatic carbocycles. The summed E-state index contributed by atoms with van der Waals surface area (Å²) in [6.07, 6.45) is 0. The van der Waals surface area contributed by atoms with Crippen molar-refractivity contribution in [2.75, 3.05) is 0 Å². The normalized spacial score (nSPS) is 10.6. The quantitative estimate of drug-likeness (QED) is 0.861. The second kappa shape index (κ2) is 5.21. The topological polar surface area (TPSA) is 20.2 Å². The van der Waals surface area contributed by atoms with Gasteiger partial charge in [0.1, 0.15) is 0 Å². The Morgan fingerprint density at radius 1 is 1.12 bits per heavy atom. The van der Waals surface area contributed by atoms with Crippen molar-refractivity contribution >= 4 is 27.5 Å². The van der Waals surface area contributed by atoms with Gasteiger partial charge in [-0.05, 0) is 41.3 Å². The monoisotopic (exact) mass is 310 g/mol. The molecular weight excluding hydrogens is 300 g/mol. The van der Waals surface area contributed by atoms with Crippen LogP contribution in [0.5, 0.6) is 0 Å². The molecule has 2 aromatic rings. The van der Waals surface area contributed by atoms with E-state index in [4.69, 9.17) is 11.6 Å². The standard InChI is InChI=1S/C14H12BrClO/c1-9-10(4-3-7-14(9)16)11-5-2-6-13(15)12(11)8-17/h2-7,17H,8H2,1H3. The summed E-state index contributed by atoms with van der Waals surface area (Å²) in [5, 5.41) is 10.2. The first-order chi connectivity index (χ1) is 8.15. The van der Waals surface area contributed by atoms with Gasteiger partial charge in [-0.25, -0.2) is 0 Å². The average Bonchev–Trinajstić information content (AvgIpc) is 2.32. The molecule has 1 nitrogen and oxygen atoms in total. The fourth-order valence-corrected chi connectivity index (χ4v) is 2.54. The van der Waals surface area contributed by atoms with Gasteiger partial charge in [-0.15, -0.1) is 0 Å². The summed E-state index contributed by atoms with van der Waals surface area (Å²) in [4.78, 5) is 0. The largest absolute Gasteiger partial charge is 0.392 e. The summed E-state index contributed by atoms with van der Waals surface area (Å²) in [6.45, 7) is 1.99. The van der Waals surface area contributed by atoms with Crippen LogP contribution in [-0.4, -0.2) is 5.11 Å². The van der Waals surface area contributed by atoms with Gasteiger partial charge in [-0.2, -0.15) is 0 Å². The van der Waals surface area contributed by atoms with Crippen molar-refractivity contribution in [1.82, 2.24) is 0 Å². The molecule has 88 valence electrons. The highest BCUT2D eigenvalue weighted by Gasteiger charge is 2.10. The van der Waals surface area contributed by atoms with Crippen LogP contribution in [0.25, 0.3) is 11.1 Å². The molecule has 0 bridgehead atoms. The highest BCUT2D eigenvalue weighted by molar-refractivity contribution is 9.10. The molecule has 0 fully saturated rings. The lowest BCUT2D eigenvalue weighted by atomic mass is 9.96. The zero-order valence-electron chi connectivity index (χ0n) is 9.37. The summed E-state index contributed by atoms with van der Waals surface area (Å²) in [7, 11) is 0. The fourth-order valence-electron chi connectivity index (χ4n) is 1.87. The number of hydrogen-bond acceptors (Lipinski definition) is 1. The van der Waals surface area contributed by atoms with Gasteiger partial charge in [0.2, 0.25) is 0 Å². The van der Waals surface area contributed by atoms with Crippen LogP contribution >= 0.6 is 27.5 Å². The molecule has 17 heavy (non-hydrogen) atoms. The van der Waals surface area contributed by atoms with Gasteiger partial charge in [0.05, 0.1) is 6.61 Å². The summed E-state index contributed by atoms with van der Waals surface area (Å²) >= 11 is 9.58. The van der Waals surface area contributed by atoms with Crippen LogP contribution in [0.1, 0.15) is 11.1 Å². The summed E-state index contributed by atoms with van der Waals surface area (Å²) in [5.41, 5.74) is 3.99. The number of aliphatic hydroxyl groups is 1. The molecule has 2 rings (SSSR count). The average molecular weight is 312 g/mol. The molecule has 0 saturated carbocycles. The zero-order valence-corrected chi connectivity index (χ0v) is 11.7. The first kappa shape index (κ1) is 12.6. The minimum absolute atomic E-state index is 0.00269. The Labute approximate surface area is 114 Å². The van der Waals surface area contributed by atoms with E-state index in [0.717, 1.165) is 31.7 Å². The summed E-state index contributed by atoms with van der Waals surface area (Å²) in [5.74, 6) is 0. The SMILES string of the molecule is Cc1c(Cl)cccc1-c1cccc(Br)c1CO.